The molecule has 3 aromatic rings. The predicted octanol–water partition coefficient (Wildman–Crippen LogP) is 3.99. The van der Waals surface area contributed by atoms with Gasteiger partial charge in [0.25, 0.3) is 0 Å². The molecule has 1 heterocycles. The van der Waals surface area contributed by atoms with Crippen LogP contribution < -0.4 is 0 Å². The van der Waals surface area contributed by atoms with Gasteiger partial charge in [-0.15, -0.1) is 0 Å². The van der Waals surface area contributed by atoms with E-state index in [-0.39, 0.29) is 0 Å². The molecule has 84 valence electrons. The first kappa shape index (κ1) is 10.4. The van der Waals surface area contributed by atoms with Crippen molar-refractivity contribution in [3.05, 3.63) is 59.4 Å². The smallest absolute Gasteiger partial charge is 0.208 e. The Hall–Kier alpha value is -1.80. The Morgan fingerprint density at radius 2 is 1.82 bits per heavy atom. The number of hydrogen-bond donors (Lipinski definition) is 0. The minimum absolute atomic E-state index is 0.497. The number of para-hydroxylation sites is 1. The third kappa shape index (κ3) is 1.71. The molecule has 3 rings (SSSR count). The Morgan fingerprint density at radius 3 is 2.59 bits per heavy atom. The van der Waals surface area contributed by atoms with E-state index in [0.717, 1.165) is 16.7 Å². The summed E-state index contributed by atoms with van der Waals surface area (Å²) in [5.74, 6) is 0. The highest BCUT2D eigenvalue weighted by atomic mass is 35.5. The molecule has 0 radical (unpaired) electrons. The second-order valence-electron chi connectivity index (χ2n) is 4.04. The molecule has 0 fully saturated rings. The van der Waals surface area contributed by atoms with Gasteiger partial charge in [-0.3, -0.25) is 4.57 Å². The Labute approximate surface area is 104 Å². The minimum Gasteiger partial charge on any atom is -0.283 e. The number of nitrogens with zero attached hydrogens (tertiary/aromatic N) is 2. The molecule has 0 amide bonds. The fourth-order valence-electron chi connectivity index (χ4n) is 1.98. The maximum Gasteiger partial charge on any atom is 0.208 e. The minimum atomic E-state index is 0.497. The van der Waals surface area contributed by atoms with E-state index in [1.165, 1.54) is 5.56 Å². The van der Waals surface area contributed by atoms with Crippen LogP contribution in [-0.4, -0.2) is 9.55 Å². The van der Waals surface area contributed by atoms with Gasteiger partial charge in [0.05, 0.1) is 11.0 Å². The summed E-state index contributed by atoms with van der Waals surface area (Å²) in [6.07, 6.45) is 0. The van der Waals surface area contributed by atoms with Crippen molar-refractivity contribution in [2.24, 2.45) is 0 Å². The Kier molecular flexibility index (Phi) is 2.37. The van der Waals surface area contributed by atoms with Crippen LogP contribution in [0.15, 0.2) is 48.5 Å². The summed E-state index contributed by atoms with van der Waals surface area (Å²) in [5.41, 5.74) is 4.18. The monoisotopic (exact) mass is 242 g/mol. The van der Waals surface area contributed by atoms with E-state index in [1.54, 1.807) is 0 Å². The van der Waals surface area contributed by atoms with Crippen molar-refractivity contribution in [1.82, 2.24) is 9.55 Å². The Morgan fingerprint density at radius 1 is 1.06 bits per heavy atom. The molecule has 0 saturated carbocycles. The second-order valence-corrected chi connectivity index (χ2v) is 4.38. The Balaban J connectivity index is 2.33. The van der Waals surface area contributed by atoms with Gasteiger partial charge < -0.3 is 0 Å². The average molecular weight is 243 g/mol. The van der Waals surface area contributed by atoms with Gasteiger partial charge in [0, 0.05) is 5.69 Å². The molecule has 0 spiro atoms. The van der Waals surface area contributed by atoms with Crippen LogP contribution in [-0.2, 0) is 0 Å². The van der Waals surface area contributed by atoms with E-state index >= 15 is 0 Å². The molecule has 17 heavy (non-hydrogen) atoms. The van der Waals surface area contributed by atoms with Crippen molar-refractivity contribution >= 4 is 22.6 Å². The lowest BCUT2D eigenvalue weighted by atomic mass is 10.2. The zero-order valence-electron chi connectivity index (χ0n) is 9.39. The summed E-state index contributed by atoms with van der Waals surface area (Å²) in [6.45, 7) is 2.05. The van der Waals surface area contributed by atoms with Crippen LogP contribution in [0.2, 0.25) is 5.28 Å². The van der Waals surface area contributed by atoms with Gasteiger partial charge in [-0.25, -0.2) is 4.98 Å². The number of rotatable bonds is 1. The van der Waals surface area contributed by atoms with Gasteiger partial charge in [0.15, 0.2) is 0 Å². The first-order chi connectivity index (χ1) is 8.25. The van der Waals surface area contributed by atoms with E-state index in [1.807, 2.05) is 41.0 Å². The van der Waals surface area contributed by atoms with Crippen LogP contribution in [0.4, 0.5) is 0 Å². The number of hydrogen-bond acceptors (Lipinski definition) is 1. The normalized spacial score (nSPS) is 10.9. The summed E-state index contributed by atoms with van der Waals surface area (Å²) in [6, 6.07) is 16.2. The topological polar surface area (TPSA) is 17.8 Å². The SMILES string of the molecule is Cc1ccc2c(c1)nc(Cl)n2-c1ccccc1. The molecule has 1 aromatic heterocycles. The van der Waals surface area contributed by atoms with Crippen molar-refractivity contribution in [2.45, 2.75) is 6.92 Å². The van der Waals surface area contributed by atoms with Crippen molar-refractivity contribution in [3.8, 4) is 5.69 Å². The fourth-order valence-corrected chi connectivity index (χ4v) is 2.26. The molecule has 0 saturated heterocycles. The van der Waals surface area contributed by atoms with Gasteiger partial charge in [0.2, 0.25) is 5.28 Å². The van der Waals surface area contributed by atoms with Gasteiger partial charge in [0.1, 0.15) is 0 Å². The van der Waals surface area contributed by atoms with Gasteiger partial charge in [-0.1, -0.05) is 24.3 Å². The van der Waals surface area contributed by atoms with E-state index < -0.39 is 0 Å². The third-order valence-corrected chi connectivity index (χ3v) is 3.04. The molecular weight excluding hydrogens is 232 g/mol. The first-order valence-corrected chi connectivity index (χ1v) is 5.83. The molecule has 0 aliphatic carbocycles. The summed E-state index contributed by atoms with van der Waals surface area (Å²) in [7, 11) is 0. The summed E-state index contributed by atoms with van der Waals surface area (Å²) < 4.78 is 1.95. The molecule has 0 unspecified atom stereocenters. The van der Waals surface area contributed by atoms with E-state index in [2.05, 4.69) is 24.0 Å². The number of aryl methyl sites for hydroxylation is 1. The number of aromatic nitrogens is 2. The first-order valence-electron chi connectivity index (χ1n) is 5.46. The van der Waals surface area contributed by atoms with Crippen molar-refractivity contribution in [3.63, 3.8) is 0 Å². The number of fused-ring (bicyclic) bond motifs is 1. The Bertz CT molecular complexity index is 671. The average Bonchev–Trinajstić information content (AvgIpc) is 2.65. The lowest BCUT2D eigenvalue weighted by Crippen LogP contribution is -1.93. The molecule has 0 N–H and O–H groups in total. The molecule has 2 aromatic carbocycles. The molecule has 0 aliphatic heterocycles. The van der Waals surface area contributed by atoms with E-state index in [9.17, 15) is 0 Å². The molecule has 0 aliphatic rings. The molecule has 3 heteroatoms. The van der Waals surface area contributed by atoms with Crippen LogP contribution >= 0.6 is 11.6 Å². The van der Waals surface area contributed by atoms with Crippen molar-refractivity contribution < 1.29 is 0 Å². The van der Waals surface area contributed by atoms with Gasteiger partial charge in [-0.2, -0.15) is 0 Å². The van der Waals surface area contributed by atoms with Crippen molar-refractivity contribution in [2.75, 3.05) is 0 Å². The maximum atomic E-state index is 6.21. The number of benzene rings is 2. The summed E-state index contributed by atoms with van der Waals surface area (Å²) in [5, 5.41) is 0.497. The van der Waals surface area contributed by atoms with Crippen LogP contribution in [0.3, 0.4) is 0 Å². The lowest BCUT2D eigenvalue weighted by Gasteiger charge is -2.05. The van der Waals surface area contributed by atoms with Crippen molar-refractivity contribution in [1.29, 1.82) is 0 Å². The second kappa shape index (κ2) is 3.90. The van der Waals surface area contributed by atoms with Crippen LogP contribution in [0, 0.1) is 6.92 Å². The lowest BCUT2D eigenvalue weighted by molar-refractivity contribution is 1.09. The summed E-state index contributed by atoms with van der Waals surface area (Å²) in [4.78, 5) is 4.38. The highest BCUT2D eigenvalue weighted by Crippen LogP contribution is 2.24. The number of halogens is 1. The van der Waals surface area contributed by atoms with Gasteiger partial charge >= 0.3 is 0 Å². The largest absolute Gasteiger partial charge is 0.283 e. The standard InChI is InChI=1S/C14H11ClN2/c1-10-7-8-13-12(9-10)16-14(15)17(13)11-5-3-2-4-6-11/h2-9H,1H3. The third-order valence-electron chi connectivity index (χ3n) is 2.78. The van der Waals surface area contributed by atoms with Crippen LogP contribution in [0.25, 0.3) is 16.7 Å². The van der Waals surface area contributed by atoms with Crippen LogP contribution in [0.5, 0.6) is 0 Å². The van der Waals surface area contributed by atoms with E-state index in [4.69, 9.17) is 11.6 Å². The quantitative estimate of drug-likeness (QED) is 0.631. The summed E-state index contributed by atoms with van der Waals surface area (Å²) >= 11 is 6.21. The maximum absolute atomic E-state index is 6.21. The van der Waals surface area contributed by atoms with E-state index in [0.29, 0.717) is 5.28 Å². The number of imidazole rings is 1. The molecule has 2 nitrogen and oxygen atoms in total. The zero-order valence-corrected chi connectivity index (χ0v) is 10.1. The molecular formula is C14H11ClN2. The molecule has 0 bridgehead atoms. The fraction of sp³-hybridized carbons (Fsp3) is 0.0714. The molecule has 0 atom stereocenters. The van der Waals surface area contributed by atoms with Crippen LogP contribution in [0.1, 0.15) is 5.56 Å². The van der Waals surface area contributed by atoms with Gasteiger partial charge in [-0.05, 0) is 48.4 Å². The highest BCUT2D eigenvalue weighted by Gasteiger charge is 2.09. The predicted molar refractivity (Wildman–Crippen MR) is 70.8 cm³/mol. The zero-order chi connectivity index (χ0) is 11.8. The highest BCUT2D eigenvalue weighted by molar-refractivity contribution is 6.29.